The van der Waals surface area contributed by atoms with Gasteiger partial charge in [-0.2, -0.15) is 0 Å². The molecule has 1 saturated carbocycles. The fraction of sp³-hybridized carbons (Fsp3) is 0.583. The first-order valence-corrected chi connectivity index (χ1v) is 5.92. The van der Waals surface area contributed by atoms with Crippen molar-refractivity contribution < 1.29 is 18.7 Å². The lowest BCUT2D eigenvalue weighted by atomic mass is 10.4. The molecule has 0 N–H and O–H groups in total. The molecule has 0 radical (unpaired) electrons. The molecule has 1 aliphatic rings. The van der Waals surface area contributed by atoms with E-state index in [2.05, 4.69) is 16.8 Å². The van der Waals surface area contributed by atoms with E-state index in [9.17, 15) is 4.79 Å². The summed E-state index contributed by atoms with van der Waals surface area (Å²) in [7, 11) is 0. The Balaban J connectivity index is 1.75. The highest BCUT2D eigenvalue weighted by Gasteiger charge is 2.29. The second-order valence-electron chi connectivity index (χ2n) is 4.18. The standard InChI is InChI=1S/C12H16N2O4/c1-3-6-16-8(2)12(15)17-7-10-13-14-11(18-10)9-4-5-9/h3,8-9H,1,4-7H2,2H3. The van der Waals surface area contributed by atoms with Gasteiger partial charge < -0.3 is 13.9 Å². The van der Waals surface area contributed by atoms with Gasteiger partial charge in [0.1, 0.15) is 0 Å². The van der Waals surface area contributed by atoms with Crippen LogP contribution in [0.15, 0.2) is 17.1 Å². The zero-order valence-electron chi connectivity index (χ0n) is 10.3. The van der Waals surface area contributed by atoms with Gasteiger partial charge in [-0.3, -0.25) is 0 Å². The Hall–Kier alpha value is -1.69. The number of ether oxygens (including phenoxy) is 2. The molecule has 6 heteroatoms. The number of rotatable bonds is 7. The molecule has 0 aliphatic heterocycles. The topological polar surface area (TPSA) is 74.5 Å². The first-order chi connectivity index (χ1) is 8.70. The number of esters is 1. The van der Waals surface area contributed by atoms with Crippen molar-refractivity contribution in [2.24, 2.45) is 0 Å². The maximum absolute atomic E-state index is 11.5. The average Bonchev–Trinajstić information content (AvgIpc) is 3.12. The Morgan fingerprint density at radius 1 is 1.61 bits per heavy atom. The highest BCUT2D eigenvalue weighted by Crippen LogP contribution is 2.38. The van der Waals surface area contributed by atoms with E-state index in [0.29, 0.717) is 24.3 Å². The van der Waals surface area contributed by atoms with Gasteiger partial charge in [0.25, 0.3) is 5.89 Å². The zero-order valence-corrected chi connectivity index (χ0v) is 10.3. The number of hydrogen-bond acceptors (Lipinski definition) is 6. The molecule has 0 saturated heterocycles. The molecule has 0 amide bonds. The summed E-state index contributed by atoms with van der Waals surface area (Å²) < 4.78 is 15.5. The Morgan fingerprint density at radius 2 is 2.39 bits per heavy atom. The van der Waals surface area contributed by atoms with Crippen molar-refractivity contribution in [3.05, 3.63) is 24.4 Å². The van der Waals surface area contributed by atoms with Crippen molar-refractivity contribution in [3.8, 4) is 0 Å². The molecule has 1 aromatic heterocycles. The third-order valence-corrected chi connectivity index (χ3v) is 2.54. The smallest absolute Gasteiger partial charge is 0.335 e. The van der Waals surface area contributed by atoms with Crippen LogP contribution in [-0.4, -0.2) is 28.9 Å². The van der Waals surface area contributed by atoms with Gasteiger partial charge in [0.15, 0.2) is 12.7 Å². The van der Waals surface area contributed by atoms with Crippen LogP contribution < -0.4 is 0 Å². The van der Waals surface area contributed by atoms with E-state index in [-0.39, 0.29) is 6.61 Å². The van der Waals surface area contributed by atoms with E-state index in [4.69, 9.17) is 13.9 Å². The quantitative estimate of drug-likeness (QED) is 0.541. The summed E-state index contributed by atoms with van der Waals surface area (Å²) in [5.41, 5.74) is 0. The summed E-state index contributed by atoms with van der Waals surface area (Å²) in [6, 6.07) is 0. The minimum Gasteiger partial charge on any atom is -0.454 e. The van der Waals surface area contributed by atoms with Crippen LogP contribution in [0.2, 0.25) is 0 Å². The van der Waals surface area contributed by atoms with Crippen LogP contribution in [0.5, 0.6) is 0 Å². The molecule has 1 atom stereocenters. The first kappa shape index (κ1) is 12.8. The van der Waals surface area contributed by atoms with Crippen molar-refractivity contribution in [1.82, 2.24) is 10.2 Å². The van der Waals surface area contributed by atoms with Crippen LogP contribution >= 0.6 is 0 Å². The molecule has 1 fully saturated rings. The molecular formula is C12H16N2O4. The van der Waals surface area contributed by atoms with Gasteiger partial charge in [-0.1, -0.05) is 6.08 Å². The first-order valence-electron chi connectivity index (χ1n) is 5.92. The lowest BCUT2D eigenvalue weighted by Gasteiger charge is -2.09. The van der Waals surface area contributed by atoms with Crippen LogP contribution in [0.4, 0.5) is 0 Å². The summed E-state index contributed by atoms with van der Waals surface area (Å²) in [6.07, 6.45) is 3.12. The highest BCUT2D eigenvalue weighted by atomic mass is 16.6. The fourth-order valence-corrected chi connectivity index (χ4v) is 1.35. The van der Waals surface area contributed by atoms with Crippen molar-refractivity contribution in [3.63, 3.8) is 0 Å². The molecule has 0 bridgehead atoms. The summed E-state index contributed by atoms with van der Waals surface area (Å²) in [4.78, 5) is 11.5. The van der Waals surface area contributed by atoms with Crippen molar-refractivity contribution in [1.29, 1.82) is 0 Å². The fourth-order valence-electron chi connectivity index (χ4n) is 1.35. The minimum atomic E-state index is -0.631. The predicted octanol–water partition coefficient (Wildman–Crippen LogP) is 1.58. The molecule has 1 aliphatic carbocycles. The van der Waals surface area contributed by atoms with Crippen molar-refractivity contribution >= 4 is 5.97 Å². The molecule has 2 rings (SSSR count). The molecule has 1 heterocycles. The zero-order chi connectivity index (χ0) is 13.0. The second kappa shape index (κ2) is 5.77. The summed E-state index contributed by atoms with van der Waals surface area (Å²) in [6.45, 7) is 5.42. The second-order valence-corrected chi connectivity index (χ2v) is 4.18. The average molecular weight is 252 g/mol. The molecule has 98 valence electrons. The van der Waals surface area contributed by atoms with Crippen LogP contribution in [0.1, 0.15) is 37.5 Å². The molecule has 6 nitrogen and oxygen atoms in total. The van der Waals surface area contributed by atoms with Crippen LogP contribution in [-0.2, 0) is 20.9 Å². The van der Waals surface area contributed by atoms with Gasteiger partial charge in [-0.25, -0.2) is 4.79 Å². The lowest BCUT2D eigenvalue weighted by molar-refractivity contribution is -0.157. The molecule has 0 aromatic carbocycles. The third kappa shape index (κ3) is 3.40. The Morgan fingerprint density at radius 3 is 3.06 bits per heavy atom. The maximum atomic E-state index is 11.5. The largest absolute Gasteiger partial charge is 0.454 e. The van der Waals surface area contributed by atoms with E-state index in [0.717, 1.165) is 12.8 Å². The van der Waals surface area contributed by atoms with Gasteiger partial charge in [-0.05, 0) is 19.8 Å². The number of nitrogens with zero attached hydrogens (tertiary/aromatic N) is 2. The van der Waals surface area contributed by atoms with E-state index < -0.39 is 12.1 Å². The van der Waals surface area contributed by atoms with E-state index in [1.54, 1.807) is 13.0 Å². The molecule has 0 spiro atoms. The Kier molecular flexibility index (Phi) is 4.09. The monoisotopic (exact) mass is 252 g/mol. The summed E-state index contributed by atoms with van der Waals surface area (Å²) in [5, 5.41) is 7.72. The SMILES string of the molecule is C=CCOC(C)C(=O)OCc1nnc(C2CC2)o1. The third-order valence-electron chi connectivity index (χ3n) is 2.54. The van der Waals surface area contributed by atoms with Gasteiger partial charge in [0, 0.05) is 5.92 Å². The van der Waals surface area contributed by atoms with E-state index in [1.807, 2.05) is 0 Å². The van der Waals surface area contributed by atoms with Gasteiger partial charge in [-0.15, -0.1) is 16.8 Å². The normalized spacial score (nSPS) is 16.3. The predicted molar refractivity (Wildman–Crippen MR) is 61.7 cm³/mol. The molecule has 18 heavy (non-hydrogen) atoms. The molecule has 1 aromatic rings. The summed E-state index contributed by atoms with van der Waals surface area (Å²) >= 11 is 0. The molecule has 1 unspecified atom stereocenters. The highest BCUT2D eigenvalue weighted by molar-refractivity contribution is 5.74. The maximum Gasteiger partial charge on any atom is 0.335 e. The lowest BCUT2D eigenvalue weighted by Crippen LogP contribution is -2.23. The van der Waals surface area contributed by atoms with E-state index >= 15 is 0 Å². The minimum absolute atomic E-state index is 0.0135. The van der Waals surface area contributed by atoms with Crippen molar-refractivity contribution in [2.45, 2.75) is 38.4 Å². The van der Waals surface area contributed by atoms with Gasteiger partial charge in [0.05, 0.1) is 6.61 Å². The van der Waals surface area contributed by atoms with Gasteiger partial charge in [0.2, 0.25) is 5.89 Å². The van der Waals surface area contributed by atoms with E-state index in [1.165, 1.54) is 0 Å². The number of carbonyl (C=O) groups is 1. The number of aromatic nitrogens is 2. The van der Waals surface area contributed by atoms with Crippen LogP contribution in [0.25, 0.3) is 0 Å². The Bertz CT molecular complexity index is 425. The number of carbonyl (C=O) groups excluding carboxylic acids is 1. The molecular weight excluding hydrogens is 236 g/mol. The van der Waals surface area contributed by atoms with Gasteiger partial charge >= 0.3 is 5.97 Å². The van der Waals surface area contributed by atoms with Crippen LogP contribution in [0.3, 0.4) is 0 Å². The van der Waals surface area contributed by atoms with Crippen molar-refractivity contribution in [2.75, 3.05) is 6.61 Å². The number of hydrogen-bond donors (Lipinski definition) is 0. The summed E-state index contributed by atoms with van der Waals surface area (Å²) in [5.74, 6) is 0.901. The van der Waals surface area contributed by atoms with Crippen LogP contribution in [0, 0.1) is 0 Å². The Labute approximate surface area is 105 Å².